The second-order valence-electron chi connectivity index (χ2n) is 5.84. The molecule has 0 saturated heterocycles. The van der Waals surface area contributed by atoms with Gasteiger partial charge in [0.1, 0.15) is 0 Å². The highest BCUT2D eigenvalue weighted by atomic mass is 16.8. The van der Waals surface area contributed by atoms with E-state index in [4.69, 9.17) is 5.21 Å². The lowest BCUT2D eigenvalue weighted by Gasteiger charge is -2.21. The van der Waals surface area contributed by atoms with Crippen molar-refractivity contribution < 1.29 is 14.8 Å². The summed E-state index contributed by atoms with van der Waals surface area (Å²) in [6.07, 6.45) is 0.108. The van der Waals surface area contributed by atoms with E-state index in [0.29, 0.717) is 5.56 Å². The molecule has 1 aliphatic heterocycles. The van der Waals surface area contributed by atoms with Crippen molar-refractivity contribution in [3.8, 4) is 0 Å². The lowest BCUT2D eigenvalue weighted by atomic mass is 10.1. The first-order valence-corrected chi connectivity index (χ1v) is 7.87. The molecular weight excluding hydrogens is 354 g/mol. The van der Waals surface area contributed by atoms with Crippen molar-refractivity contribution >= 4 is 17.5 Å². The average molecular weight is 366 g/mol. The maximum atomic E-state index is 12.6. The first-order chi connectivity index (χ1) is 13.0. The quantitative estimate of drug-likeness (QED) is 0.515. The predicted octanol–water partition coefficient (Wildman–Crippen LogP) is 0.788. The number of aromatic amines is 1. The number of carbonyl (C=O) groups is 2. The summed E-state index contributed by atoms with van der Waals surface area (Å²) < 4.78 is 0.907. The average Bonchev–Trinajstić information content (AvgIpc) is 3.13. The molecule has 2 heterocycles. The fourth-order valence-corrected chi connectivity index (χ4v) is 2.93. The topological polar surface area (TPSA) is 135 Å². The van der Waals surface area contributed by atoms with Crippen molar-refractivity contribution in [3.05, 3.63) is 86.7 Å². The van der Waals surface area contributed by atoms with Crippen molar-refractivity contribution in [2.75, 3.05) is 10.2 Å². The number of hydrogen-bond acceptors (Lipinski definition) is 7. The lowest BCUT2D eigenvalue weighted by molar-refractivity contribution is 0.0882. The van der Waals surface area contributed by atoms with E-state index in [1.54, 1.807) is 24.3 Å². The van der Waals surface area contributed by atoms with Crippen LogP contribution in [0.3, 0.4) is 0 Å². The van der Waals surface area contributed by atoms with Crippen LogP contribution in [0.1, 0.15) is 32.1 Å². The number of hydrogen-bond donors (Lipinski definition) is 2. The molecule has 2 amide bonds. The minimum absolute atomic E-state index is 0.0403. The van der Waals surface area contributed by atoms with Gasteiger partial charge in [-0.05, 0) is 29.8 Å². The molecule has 10 nitrogen and oxygen atoms in total. The molecule has 2 aromatic carbocycles. The van der Waals surface area contributed by atoms with Crippen LogP contribution in [0, 0.1) is 5.21 Å². The predicted molar refractivity (Wildman–Crippen MR) is 93.0 cm³/mol. The Morgan fingerprint density at radius 2 is 1.59 bits per heavy atom. The zero-order valence-corrected chi connectivity index (χ0v) is 13.7. The molecule has 0 radical (unpaired) electrons. The van der Waals surface area contributed by atoms with Crippen molar-refractivity contribution in [1.29, 1.82) is 0 Å². The number of fused-ring (bicyclic) bond motifs is 1. The number of nitrogens with zero attached hydrogens (tertiary/aromatic N) is 4. The zero-order valence-electron chi connectivity index (χ0n) is 13.7. The molecule has 1 aliphatic rings. The van der Waals surface area contributed by atoms with Crippen LogP contribution in [-0.2, 0) is 6.42 Å². The molecule has 27 heavy (non-hydrogen) atoms. The number of carbonyl (C=O) groups excluding carboxylic acids is 2. The van der Waals surface area contributed by atoms with E-state index in [0.717, 1.165) is 9.69 Å². The van der Waals surface area contributed by atoms with Gasteiger partial charge in [0.2, 0.25) is 0 Å². The summed E-state index contributed by atoms with van der Waals surface area (Å²) >= 11 is 0. The number of H-pyrrole nitrogens is 1. The maximum absolute atomic E-state index is 12.6. The fraction of sp³-hybridized carbons (Fsp3) is 0.0588. The molecule has 0 atom stereocenters. The van der Waals surface area contributed by atoms with Gasteiger partial charge in [0.15, 0.2) is 5.82 Å². The third kappa shape index (κ3) is 2.69. The van der Waals surface area contributed by atoms with Crippen LogP contribution >= 0.6 is 0 Å². The molecule has 1 aromatic heterocycles. The van der Waals surface area contributed by atoms with Crippen LogP contribution in [0.25, 0.3) is 0 Å². The molecule has 2 N–H and O–H groups in total. The highest BCUT2D eigenvalue weighted by Crippen LogP contribution is 2.22. The number of rotatable bonds is 4. The Hall–Kier alpha value is -3.76. The van der Waals surface area contributed by atoms with Crippen molar-refractivity contribution in [2.24, 2.45) is 0 Å². The maximum Gasteiger partial charge on any atom is 0.363 e. The summed E-state index contributed by atoms with van der Waals surface area (Å²) in [7, 11) is 0. The van der Waals surface area contributed by atoms with Gasteiger partial charge in [-0.1, -0.05) is 24.3 Å². The second-order valence-corrected chi connectivity index (χ2v) is 5.84. The molecule has 0 bridgehead atoms. The molecule has 0 fully saturated rings. The Morgan fingerprint density at radius 1 is 1.00 bits per heavy atom. The molecule has 0 aliphatic carbocycles. The minimum atomic E-state index is -0.725. The number of benzene rings is 2. The van der Waals surface area contributed by atoms with Crippen molar-refractivity contribution in [3.63, 3.8) is 0 Å². The molecule has 3 aromatic rings. The summed E-state index contributed by atoms with van der Waals surface area (Å²) in [4.78, 5) is 37.5. The molecule has 4 rings (SSSR count). The first-order valence-electron chi connectivity index (χ1n) is 7.87. The largest absolute Gasteiger partial charge is 0.733 e. The van der Waals surface area contributed by atoms with Gasteiger partial charge >= 0.3 is 5.69 Å². The number of nitrogens with one attached hydrogen (secondary N) is 1. The van der Waals surface area contributed by atoms with Crippen LogP contribution in [0.15, 0.2) is 53.3 Å². The zero-order chi connectivity index (χ0) is 19.1. The monoisotopic (exact) mass is 366 g/mol. The van der Waals surface area contributed by atoms with Crippen LogP contribution in [0.5, 0.6) is 0 Å². The SMILES string of the molecule is O=C1c2ccccc2C(=O)N1n1c(Cc2ccc(N([O-])O)cc2)n[nH]c1=O. The van der Waals surface area contributed by atoms with Gasteiger partial charge < -0.3 is 10.4 Å². The Kier molecular flexibility index (Phi) is 3.83. The van der Waals surface area contributed by atoms with Crippen molar-refractivity contribution in [1.82, 2.24) is 14.9 Å². The van der Waals surface area contributed by atoms with Crippen LogP contribution in [0.2, 0.25) is 0 Å². The highest BCUT2D eigenvalue weighted by molar-refractivity contribution is 6.30. The van der Waals surface area contributed by atoms with Gasteiger partial charge in [-0.25, -0.2) is 9.89 Å². The Labute approximate surface area is 151 Å². The van der Waals surface area contributed by atoms with E-state index in [2.05, 4.69) is 10.2 Å². The highest BCUT2D eigenvalue weighted by Gasteiger charge is 2.38. The summed E-state index contributed by atoms with van der Waals surface area (Å²) in [5.74, 6) is -1.08. The second kappa shape index (κ2) is 6.20. The first kappa shape index (κ1) is 16.7. The van der Waals surface area contributed by atoms with E-state index >= 15 is 0 Å². The van der Waals surface area contributed by atoms with Gasteiger partial charge in [-0.15, -0.1) is 0 Å². The van der Waals surface area contributed by atoms with Crippen molar-refractivity contribution in [2.45, 2.75) is 6.42 Å². The molecule has 10 heteroatoms. The Balaban J connectivity index is 1.70. The molecule has 0 spiro atoms. The summed E-state index contributed by atoms with van der Waals surface area (Å²) in [6.45, 7) is 0. The van der Waals surface area contributed by atoms with E-state index in [-0.39, 0.29) is 34.3 Å². The fourth-order valence-electron chi connectivity index (χ4n) is 2.93. The van der Waals surface area contributed by atoms with Gasteiger partial charge in [0, 0.05) is 6.42 Å². The summed E-state index contributed by atoms with van der Waals surface area (Å²) in [5, 5.41) is 26.4. The molecular formula is C17H12N5O5-. The minimum Gasteiger partial charge on any atom is -0.733 e. The Bertz CT molecular complexity index is 1060. The smallest absolute Gasteiger partial charge is 0.363 e. The summed E-state index contributed by atoms with van der Waals surface area (Å²) in [5.41, 5.74) is 0.391. The number of imide groups is 1. The molecule has 0 saturated carbocycles. The number of anilines is 1. The standard InChI is InChI=1S/C17H12N5O5/c23-15-12-3-1-2-4-13(12)16(24)21(15)20-14(18-19-17(20)25)9-10-5-7-11(8-6-10)22(26)27/h1-8,26H,9H2,(H,19,25)/q-1. The molecule has 0 unspecified atom stereocenters. The van der Waals surface area contributed by atoms with E-state index in [9.17, 15) is 19.6 Å². The molecule has 136 valence electrons. The van der Waals surface area contributed by atoms with E-state index in [1.165, 1.54) is 24.3 Å². The Morgan fingerprint density at radius 3 is 2.15 bits per heavy atom. The lowest BCUT2D eigenvalue weighted by Crippen LogP contribution is -2.46. The van der Waals surface area contributed by atoms with E-state index in [1.807, 2.05) is 0 Å². The van der Waals surface area contributed by atoms with Gasteiger partial charge in [0.25, 0.3) is 11.8 Å². The third-order valence-corrected chi connectivity index (χ3v) is 4.21. The van der Waals surface area contributed by atoms with Crippen LogP contribution in [-0.4, -0.2) is 31.9 Å². The number of aromatic nitrogens is 3. The third-order valence-electron chi connectivity index (χ3n) is 4.21. The van der Waals surface area contributed by atoms with Gasteiger partial charge in [0.05, 0.1) is 16.8 Å². The normalized spacial score (nSPS) is 13.2. The van der Waals surface area contributed by atoms with Gasteiger partial charge in [-0.2, -0.15) is 14.8 Å². The summed E-state index contributed by atoms with van der Waals surface area (Å²) in [6, 6.07) is 12.2. The van der Waals surface area contributed by atoms with Gasteiger partial charge in [-0.3, -0.25) is 14.8 Å². The van der Waals surface area contributed by atoms with E-state index < -0.39 is 17.5 Å². The number of amides is 2. The van der Waals surface area contributed by atoms with Crippen LogP contribution in [0.4, 0.5) is 5.69 Å². The van der Waals surface area contributed by atoms with Crippen LogP contribution < -0.4 is 15.9 Å².